The zero-order valence-corrected chi connectivity index (χ0v) is 18.1. The van der Waals surface area contributed by atoms with Crippen LogP contribution in [0.25, 0.3) is 0 Å². The van der Waals surface area contributed by atoms with Crippen molar-refractivity contribution in [2.75, 3.05) is 19.6 Å². The summed E-state index contributed by atoms with van der Waals surface area (Å²) in [6, 6.07) is 10.5. The molecule has 1 fully saturated rings. The number of hydrogen-bond donors (Lipinski definition) is 2. The monoisotopic (exact) mass is 452 g/mol. The van der Waals surface area contributed by atoms with Crippen LogP contribution in [-0.2, 0) is 11.8 Å². The van der Waals surface area contributed by atoms with Crippen molar-refractivity contribution in [2.24, 2.45) is 18.9 Å². The van der Waals surface area contributed by atoms with Crippen LogP contribution in [0.1, 0.15) is 47.4 Å². The Bertz CT molecular complexity index is 973. The highest BCUT2D eigenvalue weighted by Crippen LogP contribution is 2.49. The molecule has 1 aliphatic heterocycles. The smallest absolute Gasteiger partial charge is 0.475 e. The van der Waals surface area contributed by atoms with Crippen LogP contribution >= 0.6 is 0 Å². The number of halogens is 3. The summed E-state index contributed by atoms with van der Waals surface area (Å²) in [5, 5.41) is 14.5. The van der Waals surface area contributed by atoms with Crippen molar-refractivity contribution in [1.82, 2.24) is 20.0 Å². The van der Waals surface area contributed by atoms with Crippen molar-refractivity contribution in [2.45, 2.75) is 32.0 Å². The molecule has 3 atom stereocenters. The summed E-state index contributed by atoms with van der Waals surface area (Å²) in [5.41, 5.74) is 3.31. The minimum atomic E-state index is -5.08. The first kappa shape index (κ1) is 23.8. The van der Waals surface area contributed by atoms with E-state index in [1.54, 1.807) is 24.0 Å². The van der Waals surface area contributed by atoms with Crippen molar-refractivity contribution in [3.05, 3.63) is 53.3 Å². The fraction of sp³-hybridized carbons (Fsp3) is 0.500. The Morgan fingerprint density at radius 2 is 1.81 bits per heavy atom. The zero-order chi connectivity index (χ0) is 23.6. The maximum atomic E-state index is 12.8. The Kier molecular flexibility index (Phi) is 6.92. The number of carbonyl (C=O) groups is 2. The van der Waals surface area contributed by atoms with Gasteiger partial charge in [-0.05, 0) is 23.1 Å². The molecular formula is C22H27F3N4O3. The first-order valence-corrected chi connectivity index (χ1v) is 10.4. The molecule has 1 amide bonds. The number of rotatable bonds is 4. The first-order chi connectivity index (χ1) is 15.0. The van der Waals surface area contributed by atoms with Crippen molar-refractivity contribution >= 4 is 11.9 Å². The fourth-order valence-corrected chi connectivity index (χ4v) is 4.60. The number of benzene rings is 1. The number of aromatic nitrogens is 2. The van der Waals surface area contributed by atoms with Crippen molar-refractivity contribution in [1.29, 1.82) is 0 Å². The molecule has 2 N–H and O–H groups in total. The van der Waals surface area contributed by atoms with Gasteiger partial charge in [-0.25, -0.2) is 4.79 Å². The Morgan fingerprint density at radius 1 is 1.19 bits per heavy atom. The average Bonchev–Trinajstić information content (AvgIpc) is 3.37. The number of fused-ring (bicyclic) bond motifs is 3. The van der Waals surface area contributed by atoms with Crippen LogP contribution in [0, 0.1) is 11.8 Å². The van der Waals surface area contributed by atoms with Gasteiger partial charge < -0.3 is 15.3 Å². The molecular weight excluding hydrogens is 425 g/mol. The number of carboxylic acid groups (broad SMARTS) is 1. The summed E-state index contributed by atoms with van der Waals surface area (Å²) >= 11 is 0. The van der Waals surface area contributed by atoms with Crippen molar-refractivity contribution in [3.63, 3.8) is 0 Å². The Hall–Kier alpha value is -2.88. The second-order valence-electron chi connectivity index (χ2n) is 8.61. The molecule has 1 aromatic heterocycles. The van der Waals surface area contributed by atoms with Crippen LogP contribution < -0.4 is 5.32 Å². The third kappa shape index (κ3) is 5.12. The van der Waals surface area contributed by atoms with Gasteiger partial charge in [0.05, 0.1) is 6.04 Å². The molecule has 0 saturated carbocycles. The highest BCUT2D eigenvalue weighted by molar-refractivity contribution is 5.92. The van der Waals surface area contributed by atoms with Gasteiger partial charge in [0.1, 0.15) is 5.69 Å². The van der Waals surface area contributed by atoms with E-state index >= 15 is 0 Å². The lowest BCUT2D eigenvalue weighted by molar-refractivity contribution is -0.192. The summed E-state index contributed by atoms with van der Waals surface area (Å²) in [4.78, 5) is 24.2. The lowest BCUT2D eigenvalue weighted by Crippen LogP contribution is -2.35. The SMILES string of the molecule is CC(C)CN1C[C@@H]2[C@H](NC(=O)c3ccnn3C)c3ccccc3[C@@H]2C1.O=C(O)C(F)(F)F. The maximum absolute atomic E-state index is 12.8. The molecule has 7 nitrogen and oxygen atoms in total. The third-order valence-corrected chi connectivity index (χ3v) is 5.81. The molecule has 2 aromatic rings. The summed E-state index contributed by atoms with van der Waals surface area (Å²) < 4.78 is 33.4. The number of aliphatic carboxylic acids is 1. The van der Waals surface area contributed by atoms with Gasteiger partial charge in [-0.2, -0.15) is 18.3 Å². The van der Waals surface area contributed by atoms with Crippen molar-refractivity contribution < 1.29 is 27.9 Å². The van der Waals surface area contributed by atoms with Crippen LogP contribution in [0.15, 0.2) is 36.5 Å². The number of nitrogens with zero attached hydrogens (tertiary/aromatic N) is 3. The average molecular weight is 452 g/mol. The molecule has 10 heteroatoms. The number of amides is 1. The Labute approximate surface area is 184 Å². The van der Waals surface area contributed by atoms with Gasteiger partial charge in [0.15, 0.2) is 0 Å². The van der Waals surface area contributed by atoms with E-state index in [1.807, 2.05) is 0 Å². The second-order valence-corrected chi connectivity index (χ2v) is 8.61. The number of nitrogens with one attached hydrogen (secondary N) is 1. The van der Waals surface area contributed by atoms with Gasteiger partial charge in [0.25, 0.3) is 5.91 Å². The van der Waals surface area contributed by atoms with Gasteiger partial charge in [-0.15, -0.1) is 0 Å². The van der Waals surface area contributed by atoms with E-state index in [-0.39, 0.29) is 11.9 Å². The third-order valence-electron chi connectivity index (χ3n) is 5.81. The minimum absolute atomic E-state index is 0.0391. The summed E-state index contributed by atoms with van der Waals surface area (Å²) in [6.45, 7) is 7.80. The summed E-state index contributed by atoms with van der Waals surface area (Å²) in [7, 11) is 1.81. The molecule has 1 aromatic carbocycles. The van der Waals surface area contributed by atoms with E-state index in [0.29, 0.717) is 23.4 Å². The Morgan fingerprint density at radius 3 is 2.34 bits per heavy atom. The van der Waals surface area contributed by atoms with Crippen molar-refractivity contribution in [3.8, 4) is 0 Å². The predicted octanol–water partition coefficient (Wildman–Crippen LogP) is 3.21. The topological polar surface area (TPSA) is 87.5 Å². The van der Waals surface area contributed by atoms with E-state index in [9.17, 15) is 18.0 Å². The molecule has 1 saturated heterocycles. The van der Waals surface area contributed by atoms with E-state index < -0.39 is 12.1 Å². The normalized spacial score (nSPS) is 22.2. The van der Waals surface area contributed by atoms with E-state index in [1.165, 1.54) is 11.1 Å². The van der Waals surface area contributed by atoms with Gasteiger partial charge in [0, 0.05) is 44.7 Å². The standard InChI is InChI=1S/C20H26N4O.C2HF3O2/c1-13(2)10-24-11-16-14-6-4-5-7-15(14)19(17(16)12-24)22-20(25)18-8-9-21-23(18)3;3-2(4,5)1(6)7/h4-9,13,16-17,19H,10-12H2,1-3H3,(H,22,25);(H,6,7)/t16-,17-,19+;/m0./s1. The van der Waals surface area contributed by atoms with Gasteiger partial charge in [-0.1, -0.05) is 38.1 Å². The number of likely N-dealkylation sites (tertiary alicyclic amines) is 1. The number of carboxylic acids is 1. The summed E-state index contributed by atoms with van der Waals surface area (Å²) in [6.07, 6.45) is -3.42. The highest BCUT2D eigenvalue weighted by atomic mass is 19.4. The molecule has 0 radical (unpaired) electrons. The lowest BCUT2D eigenvalue weighted by Gasteiger charge is -2.23. The van der Waals surface area contributed by atoms with Crippen LogP contribution in [-0.4, -0.2) is 57.5 Å². The van der Waals surface area contributed by atoms with E-state index in [4.69, 9.17) is 9.90 Å². The fourth-order valence-electron chi connectivity index (χ4n) is 4.60. The predicted molar refractivity (Wildman–Crippen MR) is 111 cm³/mol. The molecule has 0 spiro atoms. The molecule has 32 heavy (non-hydrogen) atoms. The quantitative estimate of drug-likeness (QED) is 0.744. The molecule has 4 rings (SSSR count). The maximum Gasteiger partial charge on any atom is 0.490 e. The number of alkyl halides is 3. The highest BCUT2D eigenvalue weighted by Gasteiger charge is 2.46. The molecule has 0 bridgehead atoms. The number of aryl methyl sites for hydroxylation is 1. The molecule has 2 aliphatic rings. The van der Waals surface area contributed by atoms with Crippen LogP contribution in [0.3, 0.4) is 0 Å². The molecule has 0 unspecified atom stereocenters. The van der Waals surface area contributed by atoms with E-state index in [0.717, 1.165) is 19.6 Å². The van der Waals surface area contributed by atoms with Gasteiger partial charge >= 0.3 is 12.1 Å². The van der Waals surface area contributed by atoms with Gasteiger partial charge in [0.2, 0.25) is 0 Å². The van der Waals surface area contributed by atoms with Crippen LogP contribution in [0.4, 0.5) is 13.2 Å². The molecule has 174 valence electrons. The van der Waals surface area contributed by atoms with Crippen LogP contribution in [0.5, 0.6) is 0 Å². The molecule has 2 heterocycles. The number of carbonyl (C=O) groups excluding carboxylic acids is 1. The summed E-state index contributed by atoms with van der Waals surface area (Å²) in [5.74, 6) is -1.16. The van der Waals surface area contributed by atoms with Gasteiger partial charge in [-0.3, -0.25) is 9.48 Å². The largest absolute Gasteiger partial charge is 0.490 e. The second kappa shape index (κ2) is 9.32. The molecule has 1 aliphatic carbocycles. The Balaban J connectivity index is 0.000000360. The first-order valence-electron chi connectivity index (χ1n) is 10.4. The minimum Gasteiger partial charge on any atom is -0.475 e. The van der Waals surface area contributed by atoms with E-state index in [2.05, 4.69) is 53.4 Å². The number of hydrogen-bond acceptors (Lipinski definition) is 4. The lowest BCUT2D eigenvalue weighted by atomic mass is 9.94. The van der Waals surface area contributed by atoms with Crippen LogP contribution in [0.2, 0.25) is 0 Å². The zero-order valence-electron chi connectivity index (χ0n) is 18.1.